The average molecular weight is 329 g/mol. The summed E-state index contributed by atoms with van der Waals surface area (Å²) >= 11 is 0. The summed E-state index contributed by atoms with van der Waals surface area (Å²) in [7, 11) is -4.08. The van der Waals surface area contributed by atoms with Crippen LogP contribution < -0.4 is 5.73 Å². The van der Waals surface area contributed by atoms with Crippen LogP contribution in [0.2, 0.25) is 0 Å². The summed E-state index contributed by atoms with van der Waals surface area (Å²) in [5.41, 5.74) is 5.42. The van der Waals surface area contributed by atoms with E-state index in [1.165, 1.54) is 0 Å². The highest BCUT2D eigenvalue weighted by Gasteiger charge is 2.32. The van der Waals surface area contributed by atoms with Crippen LogP contribution in [0.5, 0.6) is 0 Å². The third kappa shape index (κ3) is 3.44. The predicted molar refractivity (Wildman–Crippen MR) is 71.2 cm³/mol. The maximum absolute atomic E-state index is 13.6. The van der Waals surface area contributed by atoms with Gasteiger partial charge >= 0.3 is 0 Å². The van der Waals surface area contributed by atoms with Crippen molar-refractivity contribution in [3.63, 3.8) is 0 Å². The fourth-order valence-electron chi connectivity index (χ4n) is 1.87. The molecule has 1 aromatic carbocycles. The van der Waals surface area contributed by atoms with E-state index >= 15 is 0 Å². The molecule has 1 saturated heterocycles. The molecule has 1 aromatic rings. The van der Waals surface area contributed by atoms with Crippen molar-refractivity contribution < 1.29 is 21.9 Å². The highest BCUT2D eigenvalue weighted by atomic mass is 35.5. The fourth-order valence-corrected chi connectivity index (χ4v) is 3.40. The number of benzene rings is 1. The molecule has 0 radical (unpaired) electrons. The summed E-state index contributed by atoms with van der Waals surface area (Å²) < 4.78 is 57.5. The Hall–Kier alpha value is -0.800. The van der Waals surface area contributed by atoms with E-state index in [4.69, 9.17) is 10.5 Å². The van der Waals surface area contributed by atoms with Crippen LogP contribution >= 0.6 is 12.4 Å². The van der Waals surface area contributed by atoms with Gasteiger partial charge in [-0.2, -0.15) is 4.31 Å². The van der Waals surface area contributed by atoms with Crippen molar-refractivity contribution >= 4 is 22.4 Å². The Bertz CT molecular complexity index is 571. The van der Waals surface area contributed by atoms with Crippen LogP contribution in [-0.2, 0) is 14.8 Å². The first-order valence-corrected chi connectivity index (χ1v) is 7.16. The molecule has 0 amide bonds. The first-order chi connectivity index (χ1) is 8.95. The zero-order valence-corrected chi connectivity index (χ0v) is 12.1. The van der Waals surface area contributed by atoms with Crippen LogP contribution in [0.1, 0.15) is 0 Å². The number of ether oxygens (including phenoxy) is 1. The van der Waals surface area contributed by atoms with Gasteiger partial charge in [0.2, 0.25) is 10.0 Å². The van der Waals surface area contributed by atoms with E-state index in [-0.39, 0.29) is 38.6 Å². The van der Waals surface area contributed by atoms with Gasteiger partial charge in [0.15, 0.2) is 0 Å². The van der Waals surface area contributed by atoms with Gasteiger partial charge in [0, 0.05) is 19.6 Å². The van der Waals surface area contributed by atoms with Crippen LogP contribution in [0.3, 0.4) is 0 Å². The zero-order chi connectivity index (χ0) is 14.0. The van der Waals surface area contributed by atoms with Crippen LogP contribution in [0.4, 0.5) is 8.78 Å². The molecule has 1 fully saturated rings. The second-order valence-corrected chi connectivity index (χ2v) is 6.07. The third-order valence-electron chi connectivity index (χ3n) is 2.88. The number of nitrogens with zero attached hydrogens (tertiary/aromatic N) is 1. The lowest BCUT2D eigenvalue weighted by molar-refractivity contribution is 0.00444. The number of morpholine rings is 1. The lowest BCUT2D eigenvalue weighted by atomic mass is 10.3. The van der Waals surface area contributed by atoms with E-state index in [1.54, 1.807) is 0 Å². The summed E-state index contributed by atoms with van der Waals surface area (Å²) in [5, 5.41) is 0. The normalized spacial score (nSPS) is 20.4. The molecule has 9 heteroatoms. The van der Waals surface area contributed by atoms with Crippen molar-refractivity contribution in [3.05, 3.63) is 29.8 Å². The molecular weight excluding hydrogens is 314 g/mol. The van der Waals surface area contributed by atoms with Gasteiger partial charge in [0.25, 0.3) is 0 Å². The Balaban J connectivity index is 0.00000200. The Labute approximate surface area is 122 Å². The summed E-state index contributed by atoms with van der Waals surface area (Å²) in [6.07, 6.45) is -0.430. The smallest absolute Gasteiger partial charge is 0.246 e. The molecule has 5 nitrogen and oxygen atoms in total. The van der Waals surface area contributed by atoms with Gasteiger partial charge in [-0.05, 0) is 18.2 Å². The molecular formula is C11H15ClF2N2O3S. The van der Waals surface area contributed by atoms with Gasteiger partial charge in [-0.15, -0.1) is 12.4 Å². The van der Waals surface area contributed by atoms with Crippen LogP contribution in [0.15, 0.2) is 23.1 Å². The largest absolute Gasteiger partial charge is 0.374 e. The lowest BCUT2D eigenvalue weighted by Crippen LogP contribution is -2.48. The molecule has 0 aliphatic carbocycles. The monoisotopic (exact) mass is 328 g/mol. The highest BCUT2D eigenvalue weighted by Crippen LogP contribution is 2.22. The van der Waals surface area contributed by atoms with Crippen molar-refractivity contribution in [2.75, 3.05) is 26.2 Å². The molecule has 0 saturated carbocycles. The standard InChI is InChI=1S/C11H14F2N2O3S.ClH/c12-8-1-2-10(13)11(5-8)19(16,17)15-3-4-18-9(6-14)7-15;/h1-2,5,9H,3-4,6-7,14H2;1H. The van der Waals surface area contributed by atoms with E-state index in [0.29, 0.717) is 6.07 Å². The number of halogens is 3. The molecule has 1 aliphatic rings. The fraction of sp³-hybridized carbons (Fsp3) is 0.455. The summed E-state index contributed by atoms with van der Waals surface area (Å²) in [4.78, 5) is -0.662. The van der Waals surface area contributed by atoms with Gasteiger partial charge < -0.3 is 10.5 Å². The molecule has 114 valence electrons. The SMILES string of the molecule is Cl.NCC1CN(S(=O)(=O)c2cc(F)ccc2F)CCO1. The van der Waals surface area contributed by atoms with E-state index < -0.39 is 32.7 Å². The summed E-state index contributed by atoms with van der Waals surface area (Å²) in [6, 6.07) is 2.34. The quantitative estimate of drug-likeness (QED) is 0.888. The molecule has 2 rings (SSSR count). The molecule has 20 heavy (non-hydrogen) atoms. The van der Waals surface area contributed by atoms with Gasteiger partial charge in [0.1, 0.15) is 16.5 Å². The minimum absolute atomic E-state index is 0. The number of nitrogens with two attached hydrogens (primary N) is 1. The Morgan fingerprint density at radius 3 is 2.75 bits per heavy atom. The highest BCUT2D eigenvalue weighted by molar-refractivity contribution is 7.89. The average Bonchev–Trinajstić information content (AvgIpc) is 2.41. The molecule has 0 spiro atoms. The predicted octanol–water partition coefficient (Wildman–Crippen LogP) is 0.735. The number of rotatable bonds is 3. The van der Waals surface area contributed by atoms with Crippen LogP contribution in [0, 0.1) is 11.6 Å². The van der Waals surface area contributed by atoms with Gasteiger partial charge in [-0.1, -0.05) is 0 Å². The zero-order valence-electron chi connectivity index (χ0n) is 10.5. The Morgan fingerprint density at radius 2 is 2.10 bits per heavy atom. The molecule has 1 atom stereocenters. The van der Waals surface area contributed by atoms with Crippen molar-refractivity contribution in [1.82, 2.24) is 4.31 Å². The minimum atomic E-state index is -4.08. The lowest BCUT2D eigenvalue weighted by Gasteiger charge is -2.31. The summed E-state index contributed by atoms with van der Waals surface area (Å²) in [5.74, 6) is -1.78. The maximum atomic E-state index is 13.6. The minimum Gasteiger partial charge on any atom is -0.374 e. The van der Waals surface area contributed by atoms with Gasteiger partial charge in [-0.25, -0.2) is 17.2 Å². The van der Waals surface area contributed by atoms with E-state index in [2.05, 4.69) is 0 Å². The van der Waals surface area contributed by atoms with Gasteiger partial charge in [0.05, 0.1) is 12.7 Å². The van der Waals surface area contributed by atoms with E-state index in [0.717, 1.165) is 16.4 Å². The molecule has 0 bridgehead atoms. The second kappa shape index (κ2) is 6.77. The van der Waals surface area contributed by atoms with Crippen LogP contribution in [-0.4, -0.2) is 45.1 Å². The maximum Gasteiger partial charge on any atom is 0.246 e. The topological polar surface area (TPSA) is 72.6 Å². The summed E-state index contributed by atoms with van der Waals surface area (Å²) in [6.45, 7) is 0.471. The van der Waals surface area contributed by atoms with Crippen molar-refractivity contribution in [3.8, 4) is 0 Å². The third-order valence-corrected chi connectivity index (χ3v) is 4.76. The molecule has 0 aromatic heterocycles. The second-order valence-electron chi connectivity index (χ2n) is 4.17. The number of sulfonamides is 1. The molecule has 1 heterocycles. The number of hydrogen-bond donors (Lipinski definition) is 1. The number of hydrogen-bond acceptors (Lipinski definition) is 4. The molecule has 1 unspecified atom stereocenters. The van der Waals surface area contributed by atoms with Crippen LogP contribution in [0.25, 0.3) is 0 Å². The first-order valence-electron chi connectivity index (χ1n) is 5.72. The molecule has 2 N–H and O–H groups in total. The van der Waals surface area contributed by atoms with E-state index in [1.807, 2.05) is 0 Å². The Morgan fingerprint density at radius 1 is 1.40 bits per heavy atom. The van der Waals surface area contributed by atoms with Crippen molar-refractivity contribution in [1.29, 1.82) is 0 Å². The van der Waals surface area contributed by atoms with Gasteiger partial charge in [-0.3, -0.25) is 0 Å². The van der Waals surface area contributed by atoms with Crippen molar-refractivity contribution in [2.45, 2.75) is 11.0 Å². The first kappa shape index (κ1) is 17.3. The van der Waals surface area contributed by atoms with Crippen molar-refractivity contribution in [2.24, 2.45) is 5.73 Å². The van der Waals surface area contributed by atoms with E-state index in [9.17, 15) is 17.2 Å². The molecule has 1 aliphatic heterocycles. The Kier molecular flexibility index (Phi) is 5.84.